The van der Waals surface area contributed by atoms with Crippen LogP contribution in [0.4, 0.5) is 0 Å². The van der Waals surface area contributed by atoms with Gasteiger partial charge in [0, 0.05) is 42.3 Å². The number of hydrogen-bond donors (Lipinski definition) is 4. The van der Waals surface area contributed by atoms with Gasteiger partial charge in [0.2, 0.25) is 0 Å². The molecule has 0 spiro atoms. The number of carbonyl (C=O) groups excluding carboxylic acids is 1. The van der Waals surface area contributed by atoms with E-state index in [1.165, 1.54) is 18.2 Å². The van der Waals surface area contributed by atoms with Gasteiger partial charge in [-0.2, -0.15) is 0 Å². The number of fused-ring (bicyclic) bond motifs is 1. The van der Waals surface area contributed by atoms with Gasteiger partial charge in [-0.15, -0.1) is 0 Å². The SMILES string of the molecule is Cn1cc(CCNC(=O)c2cc(O)cc(O)c2)c2cc(O)ccc21. The highest BCUT2D eigenvalue weighted by atomic mass is 16.3. The molecule has 1 heterocycles. The summed E-state index contributed by atoms with van der Waals surface area (Å²) in [5, 5.41) is 32.2. The van der Waals surface area contributed by atoms with Crippen molar-refractivity contribution in [3.8, 4) is 17.2 Å². The van der Waals surface area contributed by atoms with Crippen molar-refractivity contribution in [2.24, 2.45) is 7.05 Å². The summed E-state index contributed by atoms with van der Waals surface area (Å²) < 4.78 is 1.97. The molecule has 0 atom stereocenters. The lowest BCUT2D eigenvalue weighted by Gasteiger charge is -2.06. The third kappa shape index (κ3) is 3.12. The molecule has 0 aliphatic heterocycles. The molecule has 0 radical (unpaired) electrons. The molecule has 24 heavy (non-hydrogen) atoms. The minimum Gasteiger partial charge on any atom is -0.508 e. The fraction of sp³-hybridized carbons (Fsp3) is 0.167. The Hall–Kier alpha value is -3.15. The van der Waals surface area contributed by atoms with Gasteiger partial charge in [0.25, 0.3) is 5.91 Å². The van der Waals surface area contributed by atoms with Gasteiger partial charge >= 0.3 is 0 Å². The Morgan fingerprint density at radius 1 is 1.04 bits per heavy atom. The van der Waals surface area contributed by atoms with E-state index in [0.717, 1.165) is 16.5 Å². The minimum absolute atomic E-state index is 0.162. The van der Waals surface area contributed by atoms with Crippen LogP contribution in [0.1, 0.15) is 15.9 Å². The van der Waals surface area contributed by atoms with E-state index in [-0.39, 0.29) is 28.7 Å². The number of aromatic hydroxyl groups is 3. The normalized spacial score (nSPS) is 10.9. The van der Waals surface area contributed by atoms with Crippen LogP contribution >= 0.6 is 0 Å². The molecule has 3 aromatic rings. The summed E-state index contributed by atoms with van der Waals surface area (Å²) in [5.41, 5.74) is 2.22. The monoisotopic (exact) mass is 326 g/mol. The average molecular weight is 326 g/mol. The number of benzene rings is 2. The third-order valence-corrected chi connectivity index (χ3v) is 3.90. The highest BCUT2D eigenvalue weighted by Gasteiger charge is 2.10. The number of phenols is 3. The van der Waals surface area contributed by atoms with Crippen LogP contribution in [-0.2, 0) is 13.5 Å². The summed E-state index contributed by atoms with van der Waals surface area (Å²) in [6.45, 7) is 0.393. The number of nitrogens with one attached hydrogen (secondary N) is 1. The van der Waals surface area contributed by atoms with Gasteiger partial charge in [0.15, 0.2) is 0 Å². The summed E-state index contributed by atoms with van der Waals surface area (Å²) in [7, 11) is 1.93. The predicted octanol–water partition coefficient (Wildman–Crippen LogP) is 2.27. The Kier molecular flexibility index (Phi) is 4.04. The van der Waals surface area contributed by atoms with E-state index in [9.17, 15) is 20.1 Å². The molecular weight excluding hydrogens is 308 g/mol. The molecule has 0 fully saturated rings. The standard InChI is InChI=1S/C18H18N2O4/c1-20-10-11(16-9-13(21)2-3-17(16)20)4-5-19-18(24)12-6-14(22)8-15(23)7-12/h2-3,6-10,21-23H,4-5H2,1H3,(H,19,24). The number of amides is 1. The molecule has 4 N–H and O–H groups in total. The Morgan fingerprint density at radius 3 is 2.46 bits per heavy atom. The van der Waals surface area contributed by atoms with Crippen LogP contribution in [-0.4, -0.2) is 32.3 Å². The first-order valence-electron chi connectivity index (χ1n) is 7.52. The Labute approximate surface area is 138 Å². The molecule has 1 aromatic heterocycles. The fourth-order valence-electron chi connectivity index (χ4n) is 2.80. The van der Waals surface area contributed by atoms with Crippen molar-refractivity contribution in [2.75, 3.05) is 6.54 Å². The van der Waals surface area contributed by atoms with Crippen LogP contribution in [0.3, 0.4) is 0 Å². The fourth-order valence-corrected chi connectivity index (χ4v) is 2.80. The molecule has 0 bridgehead atoms. The van der Waals surface area contributed by atoms with Gasteiger partial charge in [-0.3, -0.25) is 4.79 Å². The van der Waals surface area contributed by atoms with Gasteiger partial charge in [0.1, 0.15) is 17.2 Å². The predicted molar refractivity (Wildman–Crippen MR) is 90.4 cm³/mol. The second kappa shape index (κ2) is 6.16. The van der Waals surface area contributed by atoms with Crippen LogP contribution in [0.25, 0.3) is 10.9 Å². The lowest BCUT2D eigenvalue weighted by Crippen LogP contribution is -2.25. The van der Waals surface area contributed by atoms with Crippen molar-refractivity contribution < 1.29 is 20.1 Å². The second-order valence-corrected chi connectivity index (χ2v) is 5.71. The number of aromatic nitrogens is 1. The summed E-state index contributed by atoms with van der Waals surface area (Å²) in [6.07, 6.45) is 2.56. The Bertz CT molecular complexity index is 895. The van der Waals surface area contributed by atoms with E-state index < -0.39 is 0 Å². The van der Waals surface area contributed by atoms with Gasteiger partial charge in [0.05, 0.1) is 0 Å². The van der Waals surface area contributed by atoms with E-state index in [1.54, 1.807) is 12.1 Å². The maximum Gasteiger partial charge on any atom is 0.251 e. The molecule has 3 rings (SSSR count). The first-order valence-corrected chi connectivity index (χ1v) is 7.52. The van der Waals surface area contributed by atoms with E-state index >= 15 is 0 Å². The number of nitrogens with zero attached hydrogens (tertiary/aromatic N) is 1. The van der Waals surface area contributed by atoms with Crippen LogP contribution in [0.5, 0.6) is 17.2 Å². The van der Waals surface area contributed by atoms with Crippen molar-refractivity contribution >= 4 is 16.8 Å². The summed E-state index contributed by atoms with van der Waals surface area (Å²) in [6, 6.07) is 8.96. The average Bonchev–Trinajstić information content (AvgIpc) is 2.82. The number of carbonyl (C=O) groups is 1. The molecule has 0 saturated heterocycles. The second-order valence-electron chi connectivity index (χ2n) is 5.71. The maximum absolute atomic E-state index is 12.1. The molecule has 1 amide bonds. The Balaban J connectivity index is 1.70. The molecule has 0 aliphatic rings. The molecule has 6 nitrogen and oxygen atoms in total. The van der Waals surface area contributed by atoms with E-state index in [4.69, 9.17) is 0 Å². The summed E-state index contributed by atoms with van der Waals surface area (Å²) in [4.78, 5) is 12.1. The van der Waals surface area contributed by atoms with E-state index in [0.29, 0.717) is 13.0 Å². The molecule has 0 saturated carbocycles. The molecule has 0 aliphatic carbocycles. The number of rotatable bonds is 4. The van der Waals surface area contributed by atoms with Gasteiger partial charge < -0.3 is 25.2 Å². The largest absolute Gasteiger partial charge is 0.508 e. The van der Waals surface area contributed by atoms with Crippen molar-refractivity contribution in [2.45, 2.75) is 6.42 Å². The third-order valence-electron chi connectivity index (χ3n) is 3.90. The molecular formula is C18H18N2O4. The van der Waals surface area contributed by atoms with Gasteiger partial charge in [-0.1, -0.05) is 0 Å². The van der Waals surface area contributed by atoms with E-state index in [1.807, 2.05) is 23.9 Å². The number of hydrogen-bond acceptors (Lipinski definition) is 4. The first kappa shape index (κ1) is 15.7. The van der Waals surface area contributed by atoms with Crippen molar-refractivity contribution in [1.82, 2.24) is 9.88 Å². The van der Waals surface area contributed by atoms with Crippen LogP contribution in [0.2, 0.25) is 0 Å². The molecule has 6 heteroatoms. The van der Waals surface area contributed by atoms with Crippen LogP contribution < -0.4 is 5.32 Å². The first-order chi connectivity index (χ1) is 11.4. The summed E-state index contributed by atoms with van der Waals surface area (Å²) >= 11 is 0. The maximum atomic E-state index is 12.1. The molecule has 0 unspecified atom stereocenters. The smallest absolute Gasteiger partial charge is 0.251 e. The summed E-state index contributed by atoms with van der Waals surface area (Å²) in [5.74, 6) is -0.493. The zero-order valence-corrected chi connectivity index (χ0v) is 13.2. The quantitative estimate of drug-likeness (QED) is 0.591. The van der Waals surface area contributed by atoms with Gasteiger partial charge in [-0.05, 0) is 42.3 Å². The molecule has 2 aromatic carbocycles. The van der Waals surface area contributed by atoms with E-state index in [2.05, 4.69) is 5.32 Å². The lowest BCUT2D eigenvalue weighted by atomic mass is 10.1. The molecule has 124 valence electrons. The topological polar surface area (TPSA) is 94.7 Å². The van der Waals surface area contributed by atoms with Crippen molar-refractivity contribution in [3.05, 3.63) is 53.7 Å². The number of phenolic OH excluding ortho intramolecular Hbond substituents is 3. The van der Waals surface area contributed by atoms with Crippen molar-refractivity contribution in [3.63, 3.8) is 0 Å². The number of aryl methyl sites for hydroxylation is 1. The highest BCUT2D eigenvalue weighted by molar-refractivity contribution is 5.95. The Morgan fingerprint density at radius 2 is 1.75 bits per heavy atom. The highest BCUT2D eigenvalue weighted by Crippen LogP contribution is 2.25. The zero-order chi connectivity index (χ0) is 17.3. The zero-order valence-electron chi connectivity index (χ0n) is 13.2. The van der Waals surface area contributed by atoms with Crippen LogP contribution in [0.15, 0.2) is 42.6 Å². The van der Waals surface area contributed by atoms with Gasteiger partial charge in [-0.25, -0.2) is 0 Å². The lowest BCUT2D eigenvalue weighted by molar-refractivity contribution is 0.0953. The van der Waals surface area contributed by atoms with Crippen molar-refractivity contribution in [1.29, 1.82) is 0 Å². The van der Waals surface area contributed by atoms with Crippen LogP contribution in [0, 0.1) is 0 Å². The minimum atomic E-state index is -0.371.